The highest BCUT2D eigenvalue weighted by Crippen LogP contribution is 2.31. The fourth-order valence-electron chi connectivity index (χ4n) is 1.46. The molecule has 1 aliphatic rings. The number of halogens is 2. The highest BCUT2D eigenvalue weighted by Gasteiger charge is 2.38. The molecule has 3 nitrogen and oxygen atoms in total. The van der Waals surface area contributed by atoms with Crippen molar-refractivity contribution in [3.05, 3.63) is 11.4 Å². The van der Waals surface area contributed by atoms with Crippen molar-refractivity contribution < 1.29 is 8.78 Å². The van der Waals surface area contributed by atoms with Crippen LogP contribution in [0.4, 0.5) is 8.78 Å². The molecule has 14 heavy (non-hydrogen) atoms. The van der Waals surface area contributed by atoms with Crippen LogP contribution in [0, 0.1) is 0 Å². The molecule has 82 valence electrons. The summed E-state index contributed by atoms with van der Waals surface area (Å²) >= 11 is 0. The van der Waals surface area contributed by atoms with E-state index in [0.29, 0.717) is 12.1 Å². The van der Waals surface area contributed by atoms with Crippen molar-refractivity contribution >= 4 is 0 Å². The largest absolute Gasteiger partial charge is 0.301 e. The summed E-state index contributed by atoms with van der Waals surface area (Å²) in [6, 6.07) is 0. The average molecular weight is 205 g/mol. The first-order valence-corrected chi connectivity index (χ1v) is 4.89. The van der Waals surface area contributed by atoms with Gasteiger partial charge < -0.3 is 5.43 Å². The van der Waals surface area contributed by atoms with Crippen LogP contribution in [0.2, 0.25) is 0 Å². The van der Waals surface area contributed by atoms with Gasteiger partial charge in [0.25, 0.3) is 5.92 Å². The Balaban J connectivity index is 2.92. The van der Waals surface area contributed by atoms with Gasteiger partial charge in [0.15, 0.2) is 0 Å². The number of alkyl halides is 2. The smallest absolute Gasteiger partial charge is 0.290 e. The van der Waals surface area contributed by atoms with Gasteiger partial charge in [0.2, 0.25) is 0 Å². The Labute approximate surface area is 83.1 Å². The van der Waals surface area contributed by atoms with E-state index < -0.39 is 5.92 Å². The molecule has 0 radical (unpaired) electrons. The van der Waals surface area contributed by atoms with Gasteiger partial charge >= 0.3 is 0 Å². The lowest BCUT2D eigenvalue weighted by Gasteiger charge is -2.17. The molecule has 0 unspecified atom stereocenters. The van der Waals surface area contributed by atoms with Crippen molar-refractivity contribution in [2.75, 3.05) is 7.05 Å². The molecule has 0 saturated carbocycles. The van der Waals surface area contributed by atoms with E-state index in [4.69, 9.17) is 0 Å². The number of allylic oxidation sites excluding steroid dienone is 2. The van der Waals surface area contributed by atoms with Gasteiger partial charge in [0, 0.05) is 13.5 Å². The predicted octanol–water partition coefficient (Wildman–Crippen LogP) is 2.00. The molecule has 0 fully saturated rings. The Kier molecular flexibility index (Phi) is 3.31. The van der Waals surface area contributed by atoms with Gasteiger partial charge in [-0.15, -0.1) is 5.53 Å². The summed E-state index contributed by atoms with van der Waals surface area (Å²) in [5.41, 5.74) is 5.88. The molecule has 0 atom stereocenters. The molecule has 0 aromatic heterocycles. The molecule has 0 bridgehead atoms. The highest BCUT2D eigenvalue weighted by atomic mass is 19.3. The molecular formula is C9H17F2N3. The van der Waals surface area contributed by atoms with Crippen LogP contribution in [0.25, 0.3) is 0 Å². The van der Waals surface area contributed by atoms with Crippen molar-refractivity contribution in [1.29, 1.82) is 0 Å². The summed E-state index contributed by atoms with van der Waals surface area (Å²) < 4.78 is 26.8. The normalized spacial score (nSPS) is 17.6. The van der Waals surface area contributed by atoms with Crippen LogP contribution >= 0.6 is 0 Å². The third kappa shape index (κ3) is 1.97. The zero-order valence-electron chi connectivity index (χ0n) is 8.82. The maximum absolute atomic E-state index is 13.4. The summed E-state index contributed by atoms with van der Waals surface area (Å²) in [6.45, 7) is 3.46. The standard InChI is InChI=1S/C9H17F2N3/c1-4-6-7-8(9(10,11)5-2)12-13-14(7)3/h12-13H,4-6H2,1-3H3. The Bertz CT molecular complexity index is 238. The fraction of sp³-hybridized carbons (Fsp3) is 0.778. The SMILES string of the molecule is CCCC1=C(C(F)(F)CC)NNN1C. The topological polar surface area (TPSA) is 27.3 Å². The minimum Gasteiger partial charge on any atom is -0.301 e. The zero-order chi connectivity index (χ0) is 10.8. The number of hydrogen-bond acceptors (Lipinski definition) is 3. The van der Waals surface area contributed by atoms with Crippen LogP contribution in [0.3, 0.4) is 0 Å². The maximum atomic E-state index is 13.4. The maximum Gasteiger partial charge on any atom is 0.290 e. The second kappa shape index (κ2) is 4.13. The van der Waals surface area contributed by atoms with Crippen LogP contribution in [0.5, 0.6) is 0 Å². The van der Waals surface area contributed by atoms with E-state index >= 15 is 0 Å². The van der Waals surface area contributed by atoms with E-state index in [-0.39, 0.29) is 12.1 Å². The van der Waals surface area contributed by atoms with Crippen molar-refractivity contribution in [1.82, 2.24) is 16.0 Å². The molecule has 1 aliphatic heterocycles. The molecule has 0 saturated heterocycles. The molecule has 0 spiro atoms. The molecule has 1 rings (SSSR count). The molecular weight excluding hydrogens is 188 g/mol. The molecule has 2 N–H and O–H groups in total. The summed E-state index contributed by atoms with van der Waals surface area (Å²) in [7, 11) is 1.73. The summed E-state index contributed by atoms with van der Waals surface area (Å²) in [6.07, 6.45) is 1.33. The number of nitrogens with zero attached hydrogens (tertiary/aromatic N) is 1. The monoisotopic (exact) mass is 205 g/mol. The predicted molar refractivity (Wildman–Crippen MR) is 51.2 cm³/mol. The lowest BCUT2D eigenvalue weighted by molar-refractivity contribution is 0.0295. The number of nitrogens with one attached hydrogen (secondary N) is 2. The van der Waals surface area contributed by atoms with E-state index in [2.05, 4.69) is 11.0 Å². The lowest BCUT2D eigenvalue weighted by Crippen LogP contribution is -2.37. The van der Waals surface area contributed by atoms with Gasteiger partial charge in [-0.1, -0.05) is 20.3 Å². The molecule has 0 aromatic rings. The average Bonchev–Trinajstić information content (AvgIpc) is 2.50. The Hall–Kier alpha value is -0.840. The zero-order valence-corrected chi connectivity index (χ0v) is 8.82. The minimum absolute atomic E-state index is 0.0179. The first kappa shape index (κ1) is 11.2. The van der Waals surface area contributed by atoms with Crippen LogP contribution in [0.15, 0.2) is 11.4 Å². The molecule has 1 heterocycles. The Morgan fingerprint density at radius 1 is 1.36 bits per heavy atom. The highest BCUT2D eigenvalue weighted by molar-refractivity contribution is 5.20. The first-order valence-electron chi connectivity index (χ1n) is 4.89. The van der Waals surface area contributed by atoms with E-state index in [1.807, 2.05) is 6.92 Å². The Morgan fingerprint density at radius 2 is 2.00 bits per heavy atom. The third-order valence-electron chi connectivity index (χ3n) is 2.34. The molecule has 0 aliphatic carbocycles. The number of rotatable bonds is 4. The second-order valence-corrected chi connectivity index (χ2v) is 3.43. The minimum atomic E-state index is -2.76. The van der Waals surface area contributed by atoms with Crippen molar-refractivity contribution in [2.45, 2.75) is 39.0 Å². The number of hydrogen-bond donors (Lipinski definition) is 2. The van der Waals surface area contributed by atoms with Gasteiger partial charge in [0.1, 0.15) is 5.70 Å². The lowest BCUT2D eigenvalue weighted by atomic mass is 10.1. The summed E-state index contributed by atoms with van der Waals surface area (Å²) in [5, 5.41) is 1.61. The Morgan fingerprint density at radius 3 is 2.50 bits per heavy atom. The van der Waals surface area contributed by atoms with E-state index in [0.717, 1.165) is 6.42 Å². The first-order chi connectivity index (χ1) is 6.53. The van der Waals surface area contributed by atoms with Crippen molar-refractivity contribution in [2.24, 2.45) is 0 Å². The van der Waals surface area contributed by atoms with E-state index in [1.54, 1.807) is 12.1 Å². The fourth-order valence-corrected chi connectivity index (χ4v) is 1.46. The van der Waals surface area contributed by atoms with Crippen molar-refractivity contribution in [3.63, 3.8) is 0 Å². The van der Waals surface area contributed by atoms with E-state index in [1.165, 1.54) is 6.92 Å². The van der Waals surface area contributed by atoms with Crippen LogP contribution in [0.1, 0.15) is 33.1 Å². The third-order valence-corrected chi connectivity index (χ3v) is 2.34. The van der Waals surface area contributed by atoms with Gasteiger partial charge in [-0.3, -0.25) is 5.01 Å². The molecule has 0 amide bonds. The van der Waals surface area contributed by atoms with Crippen LogP contribution in [-0.2, 0) is 0 Å². The van der Waals surface area contributed by atoms with Gasteiger partial charge in [-0.25, -0.2) is 0 Å². The van der Waals surface area contributed by atoms with Crippen LogP contribution < -0.4 is 11.0 Å². The molecule has 0 aromatic carbocycles. The van der Waals surface area contributed by atoms with Gasteiger partial charge in [-0.05, 0) is 6.42 Å². The van der Waals surface area contributed by atoms with E-state index in [9.17, 15) is 8.78 Å². The van der Waals surface area contributed by atoms with Crippen LogP contribution in [-0.4, -0.2) is 18.0 Å². The summed E-state index contributed by atoms with van der Waals surface area (Å²) in [5.74, 6) is -2.76. The molecule has 5 heteroatoms. The summed E-state index contributed by atoms with van der Waals surface area (Å²) in [4.78, 5) is 0. The second-order valence-electron chi connectivity index (χ2n) is 3.43. The van der Waals surface area contributed by atoms with Gasteiger partial charge in [0.05, 0.1) is 5.70 Å². The van der Waals surface area contributed by atoms with Gasteiger partial charge in [-0.2, -0.15) is 8.78 Å². The quantitative estimate of drug-likeness (QED) is 0.735. The van der Waals surface area contributed by atoms with Crippen molar-refractivity contribution in [3.8, 4) is 0 Å². The number of hydrazine groups is 2.